The minimum atomic E-state index is 0. The van der Waals surface area contributed by atoms with E-state index in [9.17, 15) is 4.79 Å². The Balaban J connectivity index is 0.00000220. The molecule has 1 aliphatic heterocycles. The number of amides is 1. The molecule has 1 aliphatic rings. The first-order valence-corrected chi connectivity index (χ1v) is 7.70. The third-order valence-electron chi connectivity index (χ3n) is 3.91. The van der Waals surface area contributed by atoms with Gasteiger partial charge in [0.25, 0.3) is 5.91 Å². The van der Waals surface area contributed by atoms with E-state index >= 15 is 0 Å². The van der Waals surface area contributed by atoms with Crippen LogP contribution in [0.25, 0.3) is 0 Å². The van der Waals surface area contributed by atoms with E-state index in [4.69, 9.17) is 10.5 Å². The molecule has 118 valence electrons. The van der Waals surface area contributed by atoms with Crippen LogP contribution in [-0.4, -0.2) is 37.0 Å². The first kappa shape index (κ1) is 18.3. The fourth-order valence-electron chi connectivity index (χ4n) is 2.69. The van der Waals surface area contributed by atoms with Gasteiger partial charge in [-0.1, -0.05) is 6.92 Å². The zero-order valence-corrected chi connectivity index (χ0v) is 14.7. The highest BCUT2D eigenvalue weighted by atomic mass is 79.9. The van der Waals surface area contributed by atoms with Crippen LogP contribution in [0.4, 0.5) is 0 Å². The smallest absolute Gasteiger partial charge is 0.255 e. The van der Waals surface area contributed by atoms with Gasteiger partial charge < -0.3 is 15.4 Å². The Labute approximate surface area is 140 Å². The molecule has 2 N–H and O–H groups in total. The van der Waals surface area contributed by atoms with Crippen LogP contribution in [0.5, 0.6) is 5.75 Å². The standard InChI is InChI=1S/C15H21BrN2O2.ClH/c1-10-5-6-18(11(7-10)9-17)15(19)13-8-12(20-2)3-4-14(13)16;/h3-4,8,10-11H,5-7,9,17H2,1-2H3;1H. The lowest BCUT2D eigenvalue weighted by atomic mass is 9.92. The molecule has 0 spiro atoms. The molecular weight excluding hydrogens is 356 g/mol. The number of hydrogen-bond donors (Lipinski definition) is 1. The largest absolute Gasteiger partial charge is 0.497 e. The first-order chi connectivity index (χ1) is 9.56. The van der Waals surface area contributed by atoms with Crippen LogP contribution in [0.1, 0.15) is 30.1 Å². The SMILES string of the molecule is COc1ccc(Br)c(C(=O)N2CCC(C)CC2CN)c1.Cl. The fourth-order valence-corrected chi connectivity index (χ4v) is 3.11. The molecule has 2 atom stereocenters. The molecule has 21 heavy (non-hydrogen) atoms. The zero-order valence-electron chi connectivity index (χ0n) is 12.3. The summed E-state index contributed by atoms with van der Waals surface area (Å²) in [5.74, 6) is 1.34. The van der Waals surface area contributed by atoms with Gasteiger partial charge in [0, 0.05) is 23.6 Å². The van der Waals surface area contributed by atoms with E-state index < -0.39 is 0 Å². The second-order valence-electron chi connectivity index (χ2n) is 5.36. The predicted molar refractivity (Wildman–Crippen MR) is 90.2 cm³/mol. The monoisotopic (exact) mass is 376 g/mol. The van der Waals surface area contributed by atoms with E-state index in [2.05, 4.69) is 22.9 Å². The molecule has 2 rings (SSSR count). The van der Waals surface area contributed by atoms with Gasteiger partial charge in [0.2, 0.25) is 0 Å². The van der Waals surface area contributed by atoms with Gasteiger partial charge >= 0.3 is 0 Å². The Morgan fingerprint density at radius 2 is 2.24 bits per heavy atom. The highest BCUT2D eigenvalue weighted by molar-refractivity contribution is 9.10. The molecule has 1 aromatic rings. The highest BCUT2D eigenvalue weighted by Crippen LogP contribution is 2.28. The molecule has 0 bridgehead atoms. The summed E-state index contributed by atoms with van der Waals surface area (Å²) in [5, 5.41) is 0. The summed E-state index contributed by atoms with van der Waals surface area (Å²) >= 11 is 3.45. The van der Waals surface area contributed by atoms with E-state index in [0.29, 0.717) is 23.8 Å². The number of benzene rings is 1. The van der Waals surface area contributed by atoms with E-state index in [0.717, 1.165) is 23.9 Å². The van der Waals surface area contributed by atoms with E-state index in [1.807, 2.05) is 17.0 Å². The summed E-state index contributed by atoms with van der Waals surface area (Å²) in [6, 6.07) is 5.58. The van der Waals surface area contributed by atoms with Crippen LogP contribution >= 0.6 is 28.3 Å². The summed E-state index contributed by atoms with van der Waals surface area (Å²) in [7, 11) is 1.60. The lowest BCUT2D eigenvalue weighted by Crippen LogP contribution is -2.49. The summed E-state index contributed by atoms with van der Waals surface area (Å²) in [5.41, 5.74) is 6.47. The molecule has 1 saturated heterocycles. The van der Waals surface area contributed by atoms with Gasteiger partial charge in [-0.25, -0.2) is 0 Å². The van der Waals surface area contributed by atoms with E-state index in [1.54, 1.807) is 13.2 Å². The average molecular weight is 378 g/mol. The van der Waals surface area contributed by atoms with Crippen molar-refractivity contribution < 1.29 is 9.53 Å². The molecule has 0 aromatic heterocycles. The fraction of sp³-hybridized carbons (Fsp3) is 0.533. The Morgan fingerprint density at radius 3 is 2.86 bits per heavy atom. The molecule has 4 nitrogen and oxygen atoms in total. The molecule has 1 fully saturated rings. The molecule has 0 radical (unpaired) electrons. The van der Waals surface area contributed by atoms with Crippen molar-refractivity contribution in [3.05, 3.63) is 28.2 Å². The predicted octanol–water partition coefficient (Wildman–Crippen LogP) is 3.08. The first-order valence-electron chi connectivity index (χ1n) is 6.91. The van der Waals surface area contributed by atoms with Crippen LogP contribution in [0.3, 0.4) is 0 Å². The lowest BCUT2D eigenvalue weighted by Gasteiger charge is -2.38. The number of methoxy groups -OCH3 is 1. The van der Waals surface area contributed by atoms with Crippen molar-refractivity contribution >= 4 is 34.2 Å². The number of carbonyl (C=O) groups excluding carboxylic acids is 1. The summed E-state index contributed by atoms with van der Waals surface area (Å²) in [6.45, 7) is 3.50. The van der Waals surface area contributed by atoms with Gasteiger partial charge in [-0.3, -0.25) is 4.79 Å². The van der Waals surface area contributed by atoms with Gasteiger partial charge in [-0.2, -0.15) is 0 Å². The van der Waals surface area contributed by atoms with Crippen LogP contribution in [0.2, 0.25) is 0 Å². The molecule has 1 aromatic carbocycles. The van der Waals surface area contributed by atoms with Gasteiger partial charge in [-0.05, 0) is 52.9 Å². The zero-order chi connectivity index (χ0) is 14.7. The minimum Gasteiger partial charge on any atom is -0.497 e. The number of nitrogens with two attached hydrogens (primary N) is 1. The number of nitrogens with zero attached hydrogens (tertiary/aromatic N) is 1. The third kappa shape index (κ3) is 4.11. The van der Waals surface area contributed by atoms with Gasteiger partial charge in [0.1, 0.15) is 5.75 Å². The van der Waals surface area contributed by atoms with Crippen LogP contribution < -0.4 is 10.5 Å². The Kier molecular flexibility index (Phi) is 6.97. The van der Waals surface area contributed by atoms with Crippen molar-refractivity contribution in [2.24, 2.45) is 11.7 Å². The maximum absolute atomic E-state index is 12.7. The van der Waals surface area contributed by atoms with Gasteiger partial charge in [0.15, 0.2) is 0 Å². The molecule has 0 aliphatic carbocycles. The van der Waals surface area contributed by atoms with Crippen molar-refractivity contribution in [2.45, 2.75) is 25.8 Å². The molecular formula is C15H22BrClN2O2. The number of halogens is 2. The number of rotatable bonds is 3. The number of ether oxygens (including phenoxy) is 1. The molecule has 1 heterocycles. The normalized spacial score (nSPS) is 21.6. The molecule has 2 unspecified atom stereocenters. The Bertz CT molecular complexity index is 499. The maximum Gasteiger partial charge on any atom is 0.255 e. The third-order valence-corrected chi connectivity index (χ3v) is 4.61. The summed E-state index contributed by atoms with van der Waals surface area (Å²) in [4.78, 5) is 14.7. The quantitative estimate of drug-likeness (QED) is 0.880. The van der Waals surface area contributed by atoms with Crippen molar-refractivity contribution in [1.29, 1.82) is 0 Å². The van der Waals surface area contributed by atoms with Gasteiger partial charge in [0.05, 0.1) is 12.7 Å². The van der Waals surface area contributed by atoms with Crippen LogP contribution in [-0.2, 0) is 0 Å². The minimum absolute atomic E-state index is 0. The van der Waals surface area contributed by atoms with E-state index in [1.165, 1.54) is 0 Å². The summed E-state index contributed by atoms with van der Waals surface area (Å²) in [6.07, 6.45) is 2.01. The highest BCUT2D eigenvalue weighted by Gasteiger charge is 2.30. The Hall–Kier alpha value is -0.780. The Morgan fingerprint density at radius 1 is 1.52 bits per heavy atom. The number of carbonyl (C=O) groups is 1. The molecule has 0 saturated carbocycles. The van der Waals surface area contributed by atoms with Gasteiger partial charge in [-0.15, -0.1) is 12.4 Å². The second kappa shape index (κ2) is 8.01. The number of piperidine rings is 1. The topological polar surface area (TPSA) is 55.6 Å². The molecule has 1 amide bonds. The van der Waals surface area contributed by atoms with Crippen molar-refractivity contribution in [2.75, 3.05) is 20.2 Å². The van der Waals surface area contributed by atoms with E-state index in [-0.39, 0.29) is 24.4 Å². The second-order valence-corrected chi connectivity index (χ2v) is 6.22. The van der Waals surface area contributed by atoms with Crippen LogP contribution in [0.15, 0.2) is 22.7 Å². The molecule has 6 heteroatoms. The van der Waals surface area contributed by atoms with Crippen molar-refractivity contribution in [1.82, 2.24) is 4.90 Å². The average Bonchev–Trinajstić information content (AvgIpc) is 2.47. The van der Waals surface area contributed by atoms with Crippen molar-refractivity contribution in [3.63, 3.8) is 0 Å². The summed E-state index contributed by atoms with van der Waals surface area (Å²) < 4.78 is 5.99. The lowest BCUT2D eigenvalue weighted by molar-refractivity contribution is 0.0572. The maximum atomic E-state index is 12.7. The number of likely N-dealkylation sites (tertiary alicyclic amines) is 1. The number of hydrogen-bond acceptors (Lipinski definition) is 3. The van der Waals surface area contributed by atoms with Crippen molar-refractivity contribution in [3.8, 4) is 5.75 Å². The van der Waals surface area contributed by atoms with Crippen LogP contribution in [0, 0.1) is 5.92 Å².